The minimum absolute atomic E-state index is 0.00923. The number of aromatic nitrogens is 2. The number of nitrogens with zero attached hydrogens (tertiary/aromatic N) is 4. The van der Waals surface area contributed by atoms with Crippen molar-refractivity contribution in [2.45, 2.75) is 6.92 Å². The maximum Gasteiger partial charge on any atom is 0.316 e. The van der Waals surface area contributed by atoms with Crippen LogP contribution in [0, 0.1) is 27.2 Å². The maximum absolute atomic E-state index is 12.2. The first-order valence-electron chi connectivity index (χ1n) is 9.27. The highest BCUT2D eigenvalue weighted by Crippen LogP contribution is 2.28. The van der Waals surface area contributed by atoms with Gasteiger partial charge in [0.05, 0.1) is 20.4 Å². The third kappa shape index (κ3) is 5.27. The molecule has 3 rings (SSSR count). The Morgan fingerprint density at radius 1 is 1.06 bits per heavy atom. The minimum atomic E-state index is -0.723. The molecule has 170 valence electrons. The quantitative estimate of drug-likeness (QED) is 0.281. The van der Waals surface area contributed by atoms with E-state index in [1.807, 2.05) is 0 Å². The molecule has 0 unspecified atom stereocenters. The molecule has 0 bridgehead atoms. The number of halogens is 1. The van der Waals surface area contributed by atoms with Gasteiger partial charge in [0.25, 0.3) is 17.3 Å². The molecule has 2 N–H and O–H groups in total. The number of non-ortho nitro benzene ring substituents is 1. The topological polar surface area (TPSA) is 183 Å². The van der Waals surface area contributed by atoms with Crippen LogP contribution < -0.4 is 10.6 Å². The molecular formula is C19H15ClN6O7. The van der Waals surface area contributed by atoms with Crippen molar-refractivity contribution >= 4 is 34.8 Å². The zero-order chi connectivity index (χ0) is 24.1. The molecule has 1 aromatic heterocycles. The van der Waals surface area contributed by atoms with E-state index in [2.05, 4.69) is 20.8 Å². The SMILES string of the molecule is Cc1c(-c2noc(C(=O)NCCNC(=O)c3cc([N+](=O)[O-])ccc3Cl)n2)cccc1[N+](=O)[O-]. The first-order chi connectivity index (χ1) is 15.7. The van der Waals surface area contributed by atoms with Crippen molar-refractivity contribution in [1.29, 1.82) is 0 Å². The van der Waals surface area contributed by atoms with Gasteiger partial charge in [-0.1, -0.05) is 28.9 Å². The number of nitro benzene ring substituents is 2. The Morgan fingerprint density at radius 3 is 2.42 bits per heavy atom. The van der Waals surface area contributed by atoms with Crippen LogP contribution in [0.4, 0.5) is 11.4 Å². The molecule has 0 aliphatic heterocycles. The van der Waals surface area contributed by atoms with E-state index in [4.69, 9.17) is 16.1 Å². The molecular weight excluding hydrogens is 460 g/mol. The number of carbonyl (C=O) groups is 2. The molecule has 0 saturated carbocycles. The normalized spacial score (nSPS) is 10.5. The fourth-order valence-corrected chi connectivity index (χ4v) is 3.02. The van der Waals surface area contributed by atoms with E-state index in [1.165, 1.54) is 31.2 Å². The summed E-state index contributed by atoms with van der Waals surface area (Å²) in [5, 5.41) is 30.6. The Kier molecular flexibility index (Phi) is 6.93. The first-order valence-corrected chi connectivity index (χ1v) is 9.65. The predicted molar refractivity (Wildman–Crippen MR) is 114 cm³/mol. The van der Waals surface area contributed by atoms with Crippen LogP contribution in [0.15, 0.2) is 40.9 Å². The van der Waals surface area contributed by atoms with Crippen LogP contribution in [-0.2, 0) is 0 Å². The van der Waals surface area contributed by atoms with Crippen molar-refractivity contribution in [2.24, 2.45) is 0 Å². The maximum atomic E-state index is 12.2. The van der Waals surface area contributed by atoms with Crippen molar-refractivity contribution in [2.75, 3.05) is 13.1 Å². The van der Waals surface area contributed by atoms with E-state index < -0.39 is 21.7 Å². The monoisotopic (exact) mass is 474 g/mol. The van der Waals surface area contributed by atoms with Crippen molar-refractivity contribution in [3.63, 3.8) is 0 Å². The Bertz CT molecular complexity index is 1260. The lowest BCUT2D eigenvalue weighted by Gasteiger charge is -2.07. The molecule has 2 amide bonds. The number of amides is 2. The van der Waals surface area contributed by atoms with Gasteiger partial charge < -0.3 is 15.2 Å². The third-order valence-electron chi connectivity index (χ3n) is 4.46. The van der Waals surface area contributed by atoms with Crippen LogP contribution in [0.2, 0.25) is 5.02 Å². The number of nitrogens with one attached hydrogen (secondary N) is 2. The second-order valence-electron chi connectivity index (χ2n) is 6.56. The summed E-state index contributed by atoms with van der Waals surface area (Å²) in [6.45, 7) is 1.49. The predicted octanol–water partition coefficient (Wildman–Crippen LogP) is 2.67. The summed E-state index contributed by atoms with van der Waals surface area (Å²) in [4.78, 5) is 49.1. The molecule has 14 heteroatoms. The standard InChI is InChI=1S/C19H15ClN6O7/c1-10-12(3-2-4-15(10)26(31)32)16-23-19(33-24-16)18(28)22-8-7-21-17(27)13-9-11(25(29)30)5-6-14(13)20/h2-6,9H,7-8H2,1H3,(H,21,27)(H,22,28). The van der Waals surface area contributed by atoms with Crippen LogP contribution in [-0.4, -0.2) is 44.9 Å². The molecule has 0 aliphatic rings. The minimum Gasteiger partial charge on any atom is -0.350 e. The summed E-state index contributed by atoms with van der Waals surface area (Å²) in [6.07, 6.45) is 0. The molecule has 33 heavy (non-hydrogen) atoms. The summed E-state index contributed by atoms with van der Waals surface area (Å²) in [6, 6.07) is 7.82. The van der Waals surface area contributed by atoms with Crippen LogP contribution in [0.3, 0.4) is 0 Å². The second-order valence-corrected chi connectivity index (χ2v) is 6.97. The number of carbonyl (C=O) groups excluding carboxylic acids is 2. The van der Waals surface area contributed by atoms with Crippen molar-refractivity contribution in [3.05, 3.63) is 78.7 Å². The Morgan fingerprint density at radius 2 is 1.76 bits per heavy atom. The lowest BCUT2D eigenvalue weighted by atomic mass is 10.1. The third-order valence-corrected chi connectivity index (χ3v) is 4.79. The fourth-order valence-electron chi connectivity index (χ4n) is 2.81. The molecule has 0 fully saturated rings. The average molecular weight is 475 g/mol. The van der Waals surface area contributed by atoms with Crippen molar-refractivity contribution in [3.8, 4) is 11.4 Å². The molecule has 0 saturated heterocycles. The smallest absolute Gasteiger partial charge is 0.316 e. The van der Waals surface area contributed by atoms with Gasteiger partial charge in [0, 0.05) is 42.4 Å². The van der Waals surface area contributed by atoms with Crippen molar-refractivity contribution in [1.82, 2.24) is 20.8 Å². The highest BCUT2D eigenvalue weighted by molar-refractivity contribution is 6.33. The van der Waals surface area contributed by atoms with Gasteiger partial charge in [0.2, 0.25) is 5.82 Å². The van der Waals surface area contributed by atoms with Gasteiger partial charge in [-0.3, -0.25) is 29.8 Å². The molecule has 0 atom stereocenters. The van der Waals surface area contributed by atoms with Gasteiger partial charge in [-0.25, -0.2) is 0 Å². The summed E-state index contributed by atoms with van der Waals surface area (Å²) in [5.74, 6) is -1.74. The van der Waals surface area contributed by atoms with Crippen LogP contribution in [0.25, 0.3) is 11.4 Å². The zero-order valence-corrected chi connectivity index (χ0v) is 17.7. The molecule has 13 nitrogen and oxygen atoms in total. The van der Waals surface area contributed by atoms with Crippen LogP contribution >= 0.6 is 11.6 Å². The fraction of sp³-hybridized carbons (Fsp3) is 0.158. The van der Waals surface area contributed by atoms with E-state index in [0.29, 0.717) is 11.1 Å². The molecule has 0 radical (unpaired) electrons. The highest BCUT2D eigenvalue weighted by atomic mass is 35.5. The molecule has 0 aliphatic carbocycles. The highest BCUT2D eigenvalue weighted by Gasteiger charge is 2.21. The van der Waals surface area contributed by atoms with E-state index >= 15 is 0 Å². The summed E-state index contributed by atoms with van der Waals surface area (Å²) < 4.78 is 4.92. The van der Waals surface area contributed by atoms with Gasteiger partial charge in [-0.2, -0.15) is 4.98 Å². The van der Waals surface area contributed by atoms with Crippen molar-refractivity contribution < 1.29 is 24.0 Å². The van der Waals surface area contributed by atoms with E-state index in [9.17, 15) is 29.8 Å². The Labute approximate surface area is 190 Å². The van der Waals surface area contributed by atoms with E-state index in [1.54, 1.807) is 6.07 Å². The largest absolute Gasteiger partial charge is 0.350 e. The van der Waals surface area contributed by atoms with Gasteiger partial charge in [-0.05, 0) is 13.0 Å². The lowest BCUT2D eigenvalue weighted by molar-refractivity contribution is -0.385. The van der Waals surface area contributed by atoms with Gasteiger partial charge in [-0.15, -0.1) is 0 Å². The average Bonchev–Trinajstić information content (AvgIpc) is 3.26. The summed E-state index contributed by atoms with van der Waals surface area (Å²) in [5.41, 5.74) is 0.170. The van der Waals surface area contributed by atoms with Gasteiger partial charge in [0.1, 0.15) is 0 Å². The Balaban J connectivity index is 1.58. The summed E-state index contributed by atoms with van der Waals surface area (Å²) >= 11 is 5.91. The van der Waals surface area contributed by atoms with E-state index in [-0.39, 0.29) is 46.8 Å². The molecule has 1 heterocycles. The molecule has 2 aromatic carbocycles. The number of hydrogen-bond donors (Lipinski definition) is 2. The molecule has 3 aromatic rings. The number of nitro groups is 2. The number of benzene rings is 2. The number of hydrogen-bond acceptors (Lipinski definition) is 9. The molecule has 0 spiro atoms. The van der Waals surface area contributed by atoms with Gasteiger partial charge in [0.15, 0.2) is 0 Å². The Hall–Kier alpha value is -4.39. The first kappa shape index (κ1) is 23.3. The summed E-state index contributed by atoms with van der Waals surface area (Å²) in [7, 11) is 0. The van der Waals surface area contributed by atoms with Crippen LogP contribution in [0.1, 0.15) is 26.6 Å². The number of rotatable bonds is 8. The second kappa shape index (κ2) is 9.82. The van der Waals surface area contributed by atoms with Gasteiger partial charge >= 0.3 is 11.8 Å². The lowest BCUT2D eigenvalue weighted by Crippen LogP contribution is -2.35. The van der Waals surface area contributed by atoms with E-state index in [0.717, 1.165) is 6.07 Å². The zero-order valence-electron chi connectivity index (χ0n) is 16.9. The van der Waals surface area contributed by atoms with Crippen LogP contribution in [0.5, 0.6) is 0 Å².